The van der Waals surface area contributed by atoms with E-state index in [0.29, 0.717) is 24.9 Å². The van der Waals surface area contributed by atoms with Gasteiger partial charge in [0, 0.05) is 37.6 Å². The molecule has 1 aliphatic carbocycles. The van der Waals surface area contributed by atoms with Crippen LogP contribution in [-0.2, 0) is 12.8 Å². The maximum Gasteiger partial charge on any atom is 0.321 e. The topological polar surface area (TPSA) is 64.7 Å². The molecule has 2 aromatic carbocycles. The van der Waals surface area contributed by atoms with E-state index in [-0.39, 0.29) is 12.1 Å². The number of urea groups is 2. The van der Waals surface area contributed by atoms with Crippen molar-refractivity contribution in [3.05, 3.63) is 59.7 Å². The molecule has 3 aliphatic rings. The Balaban J connectivity index is 1.08. The predicted molar refractivity (Wildman–Crippen MR) is 127 cm³/mol. The van der Waals surface area contributed by atoms with E-state index >= 15 is 0 Å². The molecule has 0 bridgehead atoms. The molecule has 0 aromatic heterocycles. The Morgan fingerprint density at radius 1 is 0.750 bits per heavy atom. The van der Waals surface area contributed by atoms with Crippen LogP contribution in [0.4, 0.5) is 21.0 Å². The molecule has 5 rings (SSSR count). The normalized spacial score (nSPS) is 21.8. The molecule has 2 aliphatic heterocycles. The summed E-state index contributed by atoms with van der Waals surface area (Å²) in [7, 11) is 0. The van der Waals surface area contributed by atoms with Gasteiger partial charge in [-0.25, -0.2) is 9.59 Å². The van der Waals surface area contributed by atoms with Gasteiger partial charge < -0.3 is 10.6 Å². The van der Waals surface area contributed by atoms with Crippen LogP contribution in [0.5, 0.6) is 0 Å². The van der Waals surface area contributed by atoms with Gasteiger partial charge in [0.25, 0.3) is 0 Å². The fourth-order valence-electron chi connectivity index (χ4n) is 5.53. The third kappa shape index (κ3) is 4.31. The molecule has 1 fully saturated rings. The Kier molecular flexibility index (Phi) is 6.02. The summed E-state index contributed by atoms with van der Waals surface area (Å²) >= 11 is 0. The van der Waals surface area contributed by atoms with Gasteiger partial charge in [-0.3, -0.25) is 9.80 Å². The van der Waals surface area contributed by atoms with E-state index in [2.05, 4.69) is 22.8 Å². The molecule has 0 spiro atoms. The van der Waals surface area contributed by atoms with Crippen molar-refractivity contribution in [2.24, 2.45) is 11.8 Å². The van der Waals surface area contributed by atoms with Crippen molar-refractivity contribution in [1.29, 1.82) is 0 Å². The van der Waals surface area contributed by atoms with Gasteiger partial charge in [-0.1, -0.05) is 42.8 Å². The van der Waals surface area contributed by atoms with Crippen LogP contribution in [0.3, 0.4) is 0 Å². The summed E-state index contributed by atoms with van der Waals surface area (Å²) in [5, 5.41) is 6.34. The monoisotopic (exact) mass is 432 g/mol. The second kappa shape index (κ2) is 9.23. The minimum atomic E-state index is 0.0121. The van der Waals surface area contributed by atoms with Crippen LogP contribution in [0.25, 0.3) is 0 Å². The number of anilines is 2. The molecule has 32 heavy (non-hydrogen) atoms. The number of fused-ring (bicyclic) bond motifs is 2. The number of nitrogens with zero attached hydrogens (tertiary/aromatic N) is 2. The second-order valence-electron chi connectivity index (χ2n) is 9.33. The molecular formula is C26H32N4O2. The SMILES string of the molecule is O=C(NC[C@H]1CCC[C@H](CNC(=O)N2CCc3ccccc32)C1)N1CCc2ccccc21. The molecule has 4 amide bonds. The molecule has 168 valence electrons. The first-order valence-corrected chi connectivity index (χ1v) is 12.0. The third-order valence-electron chi connectivity index (χ3n) is 7.24. The quantitative estimate of drug-likeness (QED) is 0.755. The number of rotatable bonds is 4. The van der Waals surface area contributed by atoms with Crippen LogP contribution in [0.2, 0.25) is 0 Å². The zero-order chi connectivity index (χ0) is 21.9. The third-order valence-corrected chi connectivity index (χ3v) is 7.24. The number of amides is 4. The van der Waals surface area contributed by atoms with Crippen molar-refractivity contribution in [2.75, 3.05) is 36.0 Å². The lowest BCUT2D eigenvalue weighted by Crippen LogP contribution is -2.43. The Morgan fingerprint density at radius 2 is 1.22 bits per heavy atom. The fourth-order valence-corrected chi connectivity index (χ4v) is 5.53. The summed E-state index contributed by atoms with van der Waals surface area (Å²) in [4.78, 5) is 29.2. The first kappa shape index (κ1) is 20.9. The second-order valence-corrected chi connectivity index (χ2v) is 9.33. The summed E-state index contributed by atoms with van der Waals surface area (Å²) in [6.07, 6.45) is 6.34. The molecule has 2 N–H and O–H groups in total. The van der Waals surface area contributed by atoms with Gasteiger partial charge in [0.05, 0.1) is 0 Å². The standard InChI is InChI=1S/C26H32N4O2/c31-25(29-14-12-21-8-1-3-10-23(21)29)27-17-19-6-5-7-20(16-19)18-28-26(32)30-15-13-22-9-2-4-11-24(22)30/h1-4,8-11,19-20H,5-7,12-18H2,(H,27,31)(H,28,32)/t19-,20-/m0/s1. The van der Waals surface area contributed by atoms with Gasteiger partial charge in [0.15, 0.2) is 0 Å². The van der Waals surface area contributed by atoms with Crippen LogP contribution >= 0.6 is 0 Å². The van der Waals surface area contributed by atoms with Crippen molar-refractivity contribution in [2.45, 2.75) is 38.5 Å². The number of carbonyl (C=O) groups excluding carboxylic acids is 2. The highest BCUT2D eigenvalue weighted by molar-refractivity contribution is 5.94. The van der Waals surface area contributed by atoms with Crippen LogP contribution < -0.4 is 20.4 Å². The van der Waals surface area contributed by atoms with Crippen molar-refractivity contribution < 1.29 is 9.59 Å². The molecule has 0 radical (unpaired) electrons. The van der Waals surface area contributed by atoms with Crippen molar-refractivity contribution >= 4 is 23.4 Å². The van der Waals surface area contributed by atoms with E-state index in [0.717, 1.165) is 63.0 Å². The lowest BCUT2D eigenvalue weighted by molar-refractivity contribution is 0.226. The number of hydrogen-bond donors (Lipinski definition) is 2. The maximum atomic E-state index is 12.7. The molecule has 2 aromatic rings. The molecule has 2 heterocycles. The van der Waals surface area contributed by atoms with E-state index in [4.69, 9.17) is 0 Å². The van der Waals surface area contributed by atoms with Gasteiger partial charge in [-0.2, -0.15) is 0 Å². The highest BCUT2D eigenvalue weighted by atomic mass is 16.2. The number of hydrogen-bond acceptors (Lipinski definition) is 2. The highest BCUT2D eigenvalue weighted by Crippen LogP contribution is 2.31. The van der Waals surface area contributed by atoms with E-state index in [1.54, 1.807) is 0 Å². The largest absolute Gasteiger partial charge is 0.337 e. The van der Waals surface area contributed by atoms with Gasteiger partial charge in [0.2, 0.25) is 0 Å². The maximum absolute atomic E-state index is 12.7. The summed E-state index contributed by atoms with van der Waals surface area (Å²) in [5.74, 6) is 0.944. The minimum absolute atomic E-state index is 0.0121. The molecule has 6 heteroatoms. The summed E-state index contributed by atoms with van der Waals surface area (Å²) in [5.41, 5.74) is 4.57. The van der Waals surface area contributed by atoms with Crippen LogP contribution in [-0.4, -0.2) is 38.2 Å². The predicted octanol–water partition coefficient (Wildman–Crippen LogP) is 4.34. The molecule has 6 nitrogen and oxygen atoms in total. The van der Waals surface area contributed by atoms with Gasteiger partial charge in [-0.05, 0) is 67.2 Å². The van der Waals surface area contributed by atoms with E-state index in [1.165, 1.54) is 11.1 Å². The molecule has 1 saturated carbocycles. The van der Waals surface area contributed by atoms with E-state index in [1.807, 2.05) is 46.2 Å². The number of para-hydroxylation sites is 2. The number of carbonyl (C=O) groups is 2. The van der Waals surface area contributed by atoms with Crippen molar-refractivity contribution in [3.63, 3.8) is 0 Å². The first-order valence-electron chi connectivity index (χ1n) is 12.0. The summed E-state index contributed by atoms with van der Waals surface area (Å²) in [6, 6.07) is 16.3. The van der Waals surface area contributed by atoms with Crippen molar-refractivity contribution in [3.8, 4) is 0 Å². The average Bonchev–Trinajstić information content (AvgIpc) is 3.46. The first-order chi connectivity index (χ1) is 15.7. The molecule has 0 unspecified atom stereocenters. The number of benzene rings is 2. The molecule has 2 atom stereocenters. The summed E-state index contributed by atoms with van der Waals surface area (Å²) in [6.45, 7) is 2.93. The Labute approximate surface area is 190 Å². The van der Waals surface area contributed by atoms with Crippen LogP contribution in [0, 0.1) is 11.8 Å². The Bertz CT molecular complexity index is 914. The molecular weight excluding hydrogens is 400 g/mol. The summed E-state index contributed by atoms with van der Waals surface area (Å²) < 4.78 is 0. The fraction of sp³-hybridized carbons (Fsp3) is 0.462. The van der Waals surface area contributed by atoms with E-state index in [9.17, 15) is 9.59 Å². The Morgan fingerprint density at radius 3 is 1.72 bits per heavy atom. The van der Waals surface area contributed by atoms with Gasteiger partial charge >= 0.3 is 12.1 Å². The number of nitrogens with one attached hydrogen (secondary N) is 2. The highest BCUT2D eigenvalue weighted by Gasteiger charge is 2.28. The zero-order valence-corrected chi connectivity index (χ0v) is 18.6. The van der Waals surface area contributed by atoms with Gasteiger partial charge in [0.1, 0.15) is 0 Å². The smallest absolute Gasteiger partial charge is 0.321 e. The minimum Gasteiger partial charge on any atom is -0.337 e. The van der Waals surface area contributed by atoms with Crippen LogP contribution in [0.1, 0.15) is 36.8 Å². The lowest BCUT2D eigenvalue weighted by atomic mass is 9.81. The van der Waals surface area contributed by atoms with Crippen molar-refractivity contribution in [1.82, 2.24) is 10.6 Å². The lowest BCUT2D eigenvalue weighted by Gasteiger charge is -2.30. The van der Waals surface area contributed by atoms with Crippen LogP contribution in [0.15, 0.2) is 48.5 Å². The Hall–Kier alpha value is -3.02. The van der Waals surface area contributed by atoms with E-state index < -0.39 is 0 Å². The zero-order valence-electron chi connectivity index (χ0n) is 18.6. The molecule has 0 saturated heterocycles. The average molecular weight is 433 g/mol. The van der Waals surface area contributed by atoms with Gasteiger partial charge in [-0.15, -0.1) is 0 Å².